The number of hydrogen-bond donors (Lipinski definition) is 6. The first-order valence-corrected chi connectivity index (χ1v) is 14.1. The highest BCUT2D eigenvalue weighted by molar-refractivity contribution is 7.81. The van der Waals surface area contributed by atoms with Crippen molar-refractivity contribution in [2.45, 2.75) is 0 Å². The van der Waals surface area contributed by atoms with Gasteiger partial charge >= 0.3 is 0 Å². The fourth-order valence-electron chi connectivity index (χ4n) is 3.60. The summed E-state index contributed by atoms with van der Waals surface area (Å²) in [4.78, 5) is 21.8. The Kier molecular flexibility index (Phi) is 11.2. The first-order chi connectivity index (χ1) is 21.2. The molecule has 2 heterocycles. The second-order valence-corrected chi connectivity index (χ2v) is 10.1. The van der Waals surface area contributed by atoms with Gasteiger partial charge in [0.1, 0.15) is 12.1 Å². The topological polar surface area (TPSA) is 145 Å². The fourth-order valence-corrected chi connectivity index (χ4v) is 4.06. The Balaban J connectivity index is 0.000000204. The normalized spacial score (nSPS) is 9.95. The zero-order valence-electron chi connectivity index (χ0n) is 23.9. The molecule has 0 bridgehead atoms. The predicted molar refractivity (Wildman–Crippen MR) is 186 cm³/mol. The molecule has 224 valence electrons. The molecule has 3 aromatic carbocycles. The van der Waals surface area contributed by atoms with Crippen LogP contribution < -0.4 is 37.2 Å². The number of amides is 1. The maximum Gasteiger partial charge on any atom is 0.291 e. The number of carbonyl (C=O) groups is 1. The molecule has 0 spiro atoms. The molecule has 0 radical (unpaired) electrons. The number of rotatable bonds is 7. The summed E-state index contributed by atoms with van der Waals surface area (Å²) in [5.41, 5.74) is 10.8. The summed E-state index contributed by atoms with van der Waals surface area (Å²) in [7, 11) is 4.01. The molecule has 11 nitrogen and oxygen atoms in total. The lowest BCUT2D eigenvalue weighted by molar-refractivity contribution is 0.0996. The smallest absolute Gasteiger partial charge is 0.291 e. The number of aromatic nitrogens is 2. The van der Waals surface area contributed by atoms with Crippen LogP contribution in [0.15, 0.2) is 114 Å². The molecule has 0 saturated heterocycles. The molecule has 13 heteroatoms. The van der Waals surface area contributed by atoms with Crippen molar-refractivity contribution in [1.82, 2.24) is 9.97 Å². The van der Waals surface area contributed by atoms with Crippen molar-refractivity contribution in [2.75, 3.05) is 51.3 Å². The van der Waals surface area contributed by atoms with Crippen molar-refractivity contribution in [3.05, 3.63) is 116 Å². The van der Waals surface area contributed by atoms with Gasteiger partial charge < -0.3 is 41.6 Å². The fraction of sp³-hybridized carbons (Fsp3) is 0.0645. The van der Waals surface area contributed by atoms with Crippen LogP contribution in [0.25, 0.3) is 0 Å². The van der Waals surface area contributed by atoms with Gasteiger partial charge in [-0.05, 0) is 109 Å². The lowest BCUT2D eigenvalue weighted by Crippen LogP contribution is -2.19. The number of benzene rings is 3. The molecule has 0 aliphatic carbocycles. The Morgan fingerprint density at radius 2 is 1.36 bits per heavy atom. The average Bonchev–Trinajstić information content (AvgIpc) is 3.56. The summed E-state index contributed by atoms with van der Waals surface area (Å²) in [6.45, 7) is 0. The van der Waals surface area contributed by atoms with Gasteiger partial charge in [0.2, 0.25) is 0 Å². The SMILES string of the molecule is CN(C)c1cccc(NC(=S)Nc2ccc(N)cc2)c1.O=C(Nc1ccc(NC(=S)Nc2ccncn2)cc1)c1ccco1. The van der Waals surface area contributed by atoms with Crippen LogP contribution in [0.1, 0.15) is 10.6 Å². The highest BCUT2D eigenvalue weighted by atomic mass is 32.1. The van der Waals surface area contributed by atoms with Crippen molar-refractivity contribution in [3.63, 3.8) is 0 Å². The Bertz CT molecular complexity index is 1660. The number of nitrogens with two attached hydrogens (primary N) is 1. The van der Waals surface area contributed by atoms with Gasteiger partial charge in [-0.1, -0.05) is 6.07 Å². The molecule has 0 saturated carbocycles. The summed E-state index contributed by atoms with van der Waals surface area (Å²) >= 11 is 10.5. The van der Waals surface area contributed by atoms with Gasteiger partial charge in [0.25, 0.3) is 5.91 Å². The molecule has 0 fully saturated rings. The van der Waals surface area contributed by atoms with E-state index in [1.807, 2.05) is 67.5 Å². The zero-order chi connectivity index (χ0) is 31.3. The second kappa shape index (κ2) is 15.6. The van der Waals surface area contributed by atoms with Crippen molar-refractivity contribution in [3.8, 4) is 0 Å². The van der Waals surface area contributed by atoms with Gasteiger partial charge in [-0.2, -0.15) is 0 Å². The van der Waals surface area contributed by atoms with E-state index in [1.165, 1.54) is 12.6 Å². The molecule has 5 rings (SSSR count). The Morgan fingerprint density at radius 3 is 1.95 bits per heavy atom. The van der Waals surface area contributed by atoms with Crippen LogP contribution in [0.5, 0.6) is 0 Å². The van der Waals surface area contributed by atoms with Crippen LogP contribution in [0, 0.1) is 0 Å². The van der Waals surface area contributed by atoms with Gasteiger partial charge in [-0.3, -0.25) is 4.79 Å². The maximum absolute atomic E-state index is 11.9. The van der Waals surface area contributed by atoms with Gasteiger partial charge in [0, 0.05) is 54.4 Å². The number of anilines is 7. The van der Waals surface area contributed by atoms with Crippen LogP contribution in [0.2, 0.25) is 0 Å². The zero-order valence-corrected chi connectivity index (χ0v) is 25.6. The van der Waals surface area contributed by atoms with Crippen LogP contribution in [0.3, 0.4) is 0 Å². The minimum Gasteiger partial charge on any atom is -0.459 e. The number of nitrogens with zero attached hydrogens (tertiary/aromatic N) is 3. The van der Waals surface area contributed by atoms with Gasteiger partial charge in [0.15, 0.2) is 16.0 Å². The molecule has 0 atom stereocenters. The van der Waals surface area contributed by atoms with Crippen LogP contribution in [-0.4, -0.2) is 40.2 Å². The summed E-state index contributed by atoms with van der Waals surface area (Å²) in [6, 6.07) is 27.6. The largest absolute Gasteiger partial charge is 0.459 e. The van der Waals surface area contributed by atoms with Crippen molar-refractivity contribution >= 4 is 80.5 Å². The Morgan fingerprint density at radius 1 is 0.750 bits per heavy atom. The van der Waals surface area contributed by atoms with E-state index < -0.39 is 0 Å². The Labute approximate surface area is 265 Å². The lowest BCUT2D eigenvalue weighted by Gasteiger charge is -2.15. The monoisotopic (exact) mass is 625 g/mol. The molecule has 44 heavy (non-hydrogen) atoms. The van der Waals surface area contributed by atoms with E-state index in [0.717, 1.165) is 28.4 Å². The van der Waals surface area contributed by atoms with E-state index >= 15 is 0 Å². The quantitative estimate of drug-likeness (QED) is 0.0895. The molecule has 7 N–H and O–H groups in total. The van der Waals surface area contributed by atoms with E-state index in [2.05, 4.69) is 36.6 Å². The highest BCUT2D eigenvalue weighted by Gasteiger charge is 2.08. The van der Waals surface area contributed by atoms with E-state index in [9.17, 15) is 4.79 Å². The summed E-state index contributed by atoms with van der Waals surface area (Å²) < 4.78 is 5.04. The number of carbonyl (C=O) groups excluding carboxylic acids is 1. The third kappa shape index (κ3) is 10.1. The lowest BCUT2D eigenvalue weighted by atomic mass is 10.2. The molecule has 1 amide bonds. The first kappa shape index (κ1) is 31.4. The van der Waals surface area contributed by atoms with Crippen LogP contribution in [-0.2, 0) is 0 Å². The minimum absolute atomic E-state index is 0.257. The van der Waals surface area contributed by atoms with Crippen LogP contribution in [0.4, 0.5) is 39.9 Å². The van der Waals surface area contributed by atoms with Crippen molar-refractivity contribution in [1.29, 1.82) is 0 Å². The molecule has 5 aromatic rings. The predicted octanol–water partition coefficient (Wildman–Crippen LogP) is 6.27. The van der Waals surface area contributed by atoms with Crippen molar-refractivity contribution in [2.24, 2.45) is 0 Å². The van der Waals surface area contributed by atoms with Crippen LogP contribution >= 0.6 is 24.4 Å². The average molecular weight is 626 g/mol. The third-order valence-corrected chi connectivity index (χ3v) is 6.17. The first-order valence-electron chi connectivity index (χ1n) is 13.2. The molecular formula is C31H31N9O2S2. The summed E-state index contributed by atoms with van der Waals surface area (Å²) in [6.07, 6.45) is 4.50. The molecule has 0 unspecified atom stereocenters. The number of nitrogen functional groups attached to an aromatic ring is 1. The van der Waals surface area contributed by atoms with Gasteiger partial charge in [0.05, 0.1) is 6.26 Å². The van der Waals surface area contributed by atoms with E-state index in [1.54, 1.807) is 48.7 Å². The maximum atomic E-state index is 11.9. The third-order valence-electron chi connectivity index (χ3n) is 5.76. The number of thiocarbonyl (C=S) groups is 2. The highest BCUT2D eigenvalue weighted by Crippen LogP contribution is 2.18. The van der Waals surface area contributed by atoms with Gasteiger partial charge in [-0.25, -0.2) is 9.97 Å². The molecule has 0 aliphatic rings. The van der Waals surface area contributed by atoms with E-state index in [-0.39, 0.29) is 11.7 Å². The number of furan rings is 1. The van der Waals surface area contributed by atoms with E-state index in [4.69, 9.17) is 34.6 Å². The number of nitrogens with one attached hydrogen (secondary N) is 5. The molecule has 0 aliphatic heterocycles. The van der Waals surface area contributed by atoms with E-state index in [0.29, 0.717) is 21.7 Å². The molecule has 2 aromatic heterocycles. The van der Waals surface area contributed by atoms with Gasteiger partial charge in [-0.15, -0.1) is 0 Å². The Hall–Kier alpha value is -5.53. The van der Waals surface area contributed by atoms with Crippen molar-refractivity contribution < 1.29 is 9.21 Å². The minimum atomic E-state index is -0.304. The standard InChI is InChI=1S/C16H13N5O2S.C15H18N4S/c22-15(13-2-1-9-23-13)19-11-3-5-12(6-4-11)20-16(24)21-14-7-8-17-10-18-14;1-19(2)14-5-3-4-13(10-14)18-15(20)17-12-8-6-11(16)7-9-12/h1-10H,(H,19,22)(H2,17,18,20,21,24);3-10H,16H2,1-2H3,(H2,17,18,20). The summed E-state index contributed by atoms with van der Waals surface area (Å²) in [5.74, 6) is 0.555. The number of hydrogen-bond acceptors (Lipinski definition) is 8. The second-order valence-electron chi connectivity index (χ2n) is 9.33. The molecular weight excluding hydrogens is 595 g/mol. The summed E-state index contributed by atoms with van der Waals surface area (Å²) in [5, 5.41) is 15.9.